The van der Waals surface area contributed by atoms with Crippen molar-refractivity contribution in [1.29, 1.82) is 0 Å². The van der Waals surface area contributed by atoms with Crippen LogP contribution in [-0.2, 0) is 6.54 Å². The maximum Gasteiger partial charge on any atom is 0.416 e. The van der Waals surface area contributed by atoms with Crippen molar-refractivity contribution in [2.45, 2.75) is 18.8 Å². The van der Waals surface area contributed by atoms with Crippen LogP contribution in [0.5, 0.6) is 0 Å². The fourth-order valence-corrected chi connectivity index (χ4v) is 1.32. The molecule has 0 saturated carbocycles. The van der Waals surface area contributed by atoms with E-state index in [2.05, 4.69) is 15.9 Å². The lowest BCUT2D eigenvalue weighted by Crippen LogP contribution is -2.36. The van der Waals surface area contributed by atoms with E-state index in [0.29, 0.717) is 0 Å². The van der Waals surface area contributed by atoms with E-state index in [4.69, 9.17) is 5.11 Å². The molecule has 15 heavy (non-hydrogen) atoms. The maximum absolute atomic E-state index is 12.0. The zero-order valence-corrected chi connectivity index (χ0v) is 8.92. The highest BCUT2D eigenvalue weighted by Gasteiger charge is 2.38. The molecule has 0 aliphatic carbocycles. The quantitative estimate of drug-likeness (QED) is 0.896. The van der Waals surface area contributed by atoms with E-state index < -0.39 is 24.4 Å². The fourth-order valence-electron chi connectivity index (χ4n) is 0.941. The molecule has 0 amide bonds. The molecule has 0 aliphatic heterocycles. The van der Waals surface area contributed by atoms with E-state index in [0.717, 1.165) is 4.57 Å². The first kappa shape index (κ1) is 12.3. The summed E-state index contributed by atoms with van der Waals surface area (Å²) >= 11 is 2.89. The lowest BCUT2D eigenvalue weighted by Gasteiger charge is -2.15. The predicted molar refractivity (Wildman–Crippen MR) is 50.5 cm³/mol. The van der Waals surface area contributed by atoms with Gasteiger partial charge in [-0.05, 0) is 28.1 Å². The van der Waals surface area contributed by atoms with Crippen LogP contribution in [0, 0.1) is 0 Å². The molecule has 1 N–H and O–H groups in total. The number of halogens is 4. The predicted octanol–water partition coefficient (Wildman–Crippen LogP) is 1.53. The molecule has 0 aliphatic rings. The molecule has 1 atom stereocenters. The first-order valence-corrected chi connectivity index (χ1v) is 4.71. The van der Waals surface area contributed by atoms with Crippen molar-refractivity contribution in [2.75, 3.05) is 0 Å². The average molecular weight is 286 g/mol. The smallest absolute Gasteiger partial charge is 0.382 e. The second kappa shape index (κ2) is 4.36. The third-order valence-electron chi connectivity index (χ3n) is 1.72. The standard InChI is InChI=1S/C8H7BrF3NO2/c9-5-2-1-3-13(7(5)15)4-6(14)8(10,11)12/h1-3,6,14H,4H2. The normalized spacial score (nSPS) is 13.9. The number of hydrogen-bond donors (Lipinski definition) is 1. The molecule has 1 unspecified atom stereocenters. The number of aromatic nitrogens is 1. The van der Waals surface area contributed by atoms with Crippen LogP contribution in [0.1, 0.15) is 0 Å². The van der Waals surface area contributed by atoms with E-state index >= 15 is 0 Å². The largest absolute Gasteiger partial charge is 0.416 e. The third kappa shape index (κ3) is 3.07. The molecule has 1 aromatic rings. The summed E-state index contributed by atoms with van der Waals surface area (Å²) in [6.45, 7) is -0.804. The number of aliphatic hydroxyl groups is 1. The van der Waals surface area contributed by atoms with Gasteiger partial charge in [-0.25, -0.2) is 0 Å². The minimum Gasteiger partial charge on any atom is -0.382 e. The minimum atomic E-state index is -4.72. The number of nitrogens with zero attached hydrogens (tertiary/aromatic N) is 1. The topological polar surface area (TPSA) is 42.2 Å². The van der Waals surface area contributed by atoms with Gasteiger partial charge in [0.05, 0.1) is 11.0 Å². The summed E-state index contributed by atoms with van der Waals surface area (Å²) < 4.78 is 36.9. The summed E-state index contributed by atoms with van der Waals surface area (Å²) in [6, 6.07) is 2.83. The van der Waals surface area contributed by atoms with Crippen LogP contribution in [0.15, 0.2) is 27.6 Å². The molecule has 0 radical (unpaired) electrons. The zero-order chi connectivity index (χ0) is 11.6. The van der Waals surface area contributed by atoms with Crippen molar-refractivity contribution in [3.05, 3.63) is 33.2 Å². The molecule has 0 saturated heterocycles. The van der Waals surface area contributed by atoms with Crippen molar-refractivity contribution in [3.8, 4) is 0 Å². The van der Waals surface area contributed by atoms with Crippen LogP contribution in [0.3, 0.4) is 0 Å². The zero-order valence-electron chi connectivity index (χ0n) is 7.33. The summed E-state index contributed by atoms with van der Waals surface area (Å²) in [5, 5.41) is 8.75. The number of pyridine rings is 1. The van der Waals surface area contributed by atoms with Gasteiger partial charge < -0.3 is 9.67 Å². The Morgan fingerprint density at radius 3 is 2.67 bits per heavy atom. The van der Waals surface area contributed by atoms with Gasteiger partial charge in [-0.15, -0.1) is 0 Å². The Labute approximate surface area is 91.3 Å². The number of rotatable bonds is 2. The van der Waals surface area contributed by atoms with Crippen molar-refractivity contribution in [3.63, 3.8) is 0 Å². The summed E-state index contributed by atoms with van der Waals surface area (Å²) in [5.74, 6) is 0. The van der Waals surface area contributed by atoms with Crippen LogP contribution in [0.2, 0.25) is 0 Å². The van der Waals surface area contributed by atoms with Crippen LogP contribution in [0.4, 0.5) is 13.2 Å². The number of hydrogen-bond acceptors (Lipinski definition) is 2. The number of alkyl halides is 3. The van der Waals surface area contributed by atoms with Gasteiger partial charge in [0.2, 0.25) is 0 Å². The highest BCUT2D eigenvalue weighted by Crippen LogP contribution is 2.20. The second-order valence-corrected chi connectivity index (χ2v) is 3.73. The Kier molecular flexibility index (Phi) is 3.56. The summed E-state index contributed by atoms with van der Waals surface area (Å²) in [7, 11) is 0. The first-order chi connectivity index (χ1) is 6.82. The van der Waals surface area contributed by atoms with Crippen LogP contribution in [-0.4, -0.2) is 22.0 Å². The second-order valence-electron chi connectivity index (χ2n) is 2.87. The molecule has 0 aromatic carbocycles. The van der Waals surface area contributed by atoms with E-state index in [1.807, 2.05) is 0 Å². The summed E-state index contributed by atoms with van der Waals surface area (Å²) in [4.78, 5) is 11.3. The molecule has 7 heteroatoms. The van der Waals surface area contributed by atoms with Gasteiger partial charge in [-0.2, -0.15) is 13.2 Å². The molecule has 1 rings (SSSR count). The SMILES string of the molecule is O=c1c(Br)cccn1CC(O)C(F)(F)F. The van der Waals surface area contributed by atoms with E-state index in [-0.39, 0.29) is 4.47 Å². The number of aliphatic hydroxyl groups excluding tert-OH is 1. The summed E-state index contributed by atoms with van der Waals surface area (Å²) in [6.07, 6.45) is -6.08. The summed E-state index contributed by atoms with van der Waals surface area (Å²) in [5.41, 5.74) is -0.610. The van der Waals surface area contributed by atoms with E-state index in [9.17, 15) is 18.0 Å². The molecular weight excluding hydrogens is 279 g/mol. The van der Waals surface area contributed by atoms with Crippen LogP contribution in [0.25, 0.3) is 0 Å². The first-order valence-electron chi connectivity index (χ1n) is 3.92. The third-order valence-corrected chi connectivity index (χ3v) is 2.32. The molecule has 3 nitrogen and oxygen atoms in total. The van der Waals surface area contributed by atoms with Crippen molar-refractivity contribution in [1.82, 2.24) is 4.57 Å². The van der Waals surface area contributed by atoms with Crippen LogP contribution >= 0.6 is 15.9 Å². The van der Waals surface area contributed by atoms with Crippen molar-refractivity contribution >= 4 is 15.9 Å². The highest BCUT2D eigenvalue weighted by molar-refractivity contribution is 9.10. The van der Waals surface area contributed by atoms with E-state index in [1.165, 1.54) is 18.3 Å². The Balaban J connectivity index is 2.91. The van der Waals surface area contributed by atoms with Gasteiger partial charge in [0.25, 0.3) is 5.56 Å². The van der Waals surface area contributed by atoms with Gasteiger partial charge in [-0.1, -0.05) is 0 Å². The van der Waals surface area contributed by atoms with Gasteiger partial charge in [-0.3, -0.25) is 4.79 Å². The van der Waals surface area contributed by atoms with Gasteiger partial charge >= 0.3 is 6.18 Å². The van der Waals surface area contributed by atoms with Crippen molar-refractivity contribution in [2.24, 2.45) is 0 Å². The molecule has 0 spiro atoms. The fraction of sp³-hybridized carbons (Fsp3) is 0.375. The molecule has 1 aromatic heterocycles. The lowest BCUT2D eigenvalue weighted by atomic mass is 10.3. The molecule has 84 valence electrons. The van der Waals surface area contributed by atoms with E-state index in [1.54, 1.807) is 0 Å². The van der Waals surface area contributed by atoms with Gasteiger partial charge in [0.15, 0.2) is 6.10 Å². The lowest BCUT2D eigenvalue weighted by molar-refractivity contribution is -0.207. The monoisotopic (exact) mass is 285 g/mol. The molecule has 0 bridgehead atoms. The Bertz CT molecular complexity index is 402. The molecular formula is C8H7BrF3NO2. The minimum absolute atomic E-state index is 0.152. The Morgan fingerprint density at radius 1 is 1.53 bits per heavy atom. The highest BCUT2D eigenvalue weighted by atomic mass is 79.9. The Hall–Kier alpha value is -0.820. The molecule has 1 heterocycles. The average Bonchev–Trinajstić information content (AvgIpc) is 2.11. The van der Waals surface area contributed by atoms with Crippen LogP contribution < -0.4 is 5.56 Å². The maximum atomic E-state index is 12.0. The Morgan fingerprint density at radius 2 is 2.13 bits per heavy atom. The van der Waals surface area contributed by atoms with Gasteiger partial charge in [0.1, 0.15) is 0 Å². The van der Waals surface area contributed by atoms with Gasteiger partial charge in [0, 0.05) is 6.20 Å². The molecule has 0 fully saturated rings. The van der Waals surface area contributed by atoms with Crippen molar-refractivity contribution < 1.29 is 18.3 Å².